The molecule has 0 aliphatic rings. The van der Waals surface area contributed by atoms with Crippen LogP contribution in [0.5, 0.6) is 0 Å². The van der Waals surface area contributed by atoms with E-state index in [1.807, 2.05) is 0 Å². The maximum absolute atomic E-state index is 13.0. The summed E-state index contributed by atoms with van der Waals surface area (Å²) in [5.74, 6) is -1.27. The van der Waals surface area contributed by atoms with E-state index in [9.17, 15) is 14.0 Å². The molecule has 3 rings (SSSR count). The van der Waals surface area contributed by atoms with E-state index in [1.54, 1.807) is 43.3 Å². The van der Waals surface area contributed by atoms with Gasteiger partial charge in [0, 0.05) is 16.3 Å². The normalized spacial score (nSPS) is 11.1. The summed E-state index contributed by atoms with van der Waals surface area (Å²) >= 11 is 11.9. The van der Waals surface area contributed by atoms with E-state index in [2.05, 4.69) is 15.8 Å². The Labute approximate surface area is 182 Å². The zero-order valence-corrected chi connectivity index (χ0v) is 17.3. The van der Waals surface area contributed by atoms with Crippen LogP contribution in [-0.2, 0) is 0 Å². The molecule has 0 heterocycles. The van der Waals surface area contributed by atoms with Gasteiger partial charge in [-0.05, 0) is 67.1 Å². The fourth-order valence-corrected chi connectivity index (χ4v) is 3.05. The molecule has 3 aromatic carbocycles. The van der Waals surface area contributed by atoms with Gasteiger partial charge in [-0.3, -0.25) is 9.59 Å². The van der Waals surface area contributed by atoms with Gasteiger partial charge in [0.15, 0.2) is 0 Å². The summed E-state index contributed by atoms with van der Waals surface area (Å²) in [5, 5.41) is 7.52. The van der Waals surface area contributed by atoms with E-state index in [4.69, 9.17) is 23.2 Å². The van der Waals surface area contributed by atoms with Gasteiger partial charge in [-0.1, -0.05) is 35.3 Å². The summed E-state index contributed by atoms with van der Waals surface area (Å²) in [4.78, 5) is 24.6. The van der Waals surface area contributed by atoms with Crippen molar-refractivity contribution < 1.29 is 14.0 Å². The van der Waals surface area contributed by atoms with E-state index in [0.717, 1.165) is 0 Å². The summed E-state index contributed by atoms with van der Waals surface area (Å²) in [6, 6.07) is 16.7. The van der Waals surface area contributed by atoms with Crippen LogP contribution in [-0.4, -0.2) is 17.5 Å². The third kappa shape index (κ3) is 5.43. The molecule has 0 saturated heterocycles. The lowest BCUT2D eigenvalue weighted by Gasteiger charge is -2.09. The van der Waals surface area contributed by atoms with Crippen LogP contribution in [0.4, 0.5) is 10.1 Å². The minimum absolute atomic E-state index is 0.248. The second-order valence-electron chi connectivity index (χ2n) is 6.30. The summed E-state index contributed by atoms with van der Waals surface area (Å²) in [5.41, 5.74) is 4.74. The topological polar surface area (TPSA) is 70.6 Å². The van der Waals surface area contributed by atoms with Crippen LogP contribution in [0.2, 0.25) is 10.0 Å². The van der Waals surface area contributed by atoms with Crippen LogP contribution in [0.25, 0.3) is 0 Å². The Balaban J connectivity index is 1.70. The Morgan fingerprint density at radius 1 is 0.900 bits per heavy atom. The lowest BCUT2D eigenvalue weighted by atomic mass is 10.1. The van der Waals surface area contributed by atoms with Crippen molar-refractivity contribution in [3.05, 3.63) is 99.3 Å². The van der Waals surface area contributed by atoms with E-state index in [0.29, 0.717) is 27.5 Å². The molecular formula is C22H16Cl2FN3O2. The molecule has 30 heavy (non-hydrogen) atoms. The monoisotopic (exact) mass is 443 g/mol. The van der Waals surface area contributed by atoms with Crippen LogP contribution in [0.3, 0.4) is 0 Å². The Morgan fingerprint density at radius 2 is 1.63 bits per heavy atom. The van der Waals surface area contributed by atoms with E-state index >= 15 is 0 Å². The number of hydrogen-bond donors (Lipinski definition) is 2. The molecule has 0 saturated carbocycles. The number of halogens is 3. The zero-order chi connectivity index (χ0) is 21.7. The van der Waals surface area contributed by atoms with Crippen molar-refractivity contribution in [2.45, 2.75) is 6.92 Å². The summed E-state index contributed by atoms with van der Waals surface area (Å²) in [6.45, 7) is 1.71. The number of rotatable bonds is 5. The van der Waals surface area contributed by atoms with Gasteiger partial charge in [0.05, 0.1) is 16.3 Å². The van der Waals surface area contributed by atoms with Gasteiger partial charge < -0.3 is 5.32 Å². The number of carbonyl (C=O) groups is 2. The number of hydrogen-bond acceptors (Lipinski definition) is 3. The molecule has 2 amide bonds. The molecule has 8 heteroatoms. The molecule has 0 bridgehead atoms. The van der Waals surface area contributed by atoms with Gasteiger partial charge >= 0.3 is 0 Å². The zero-order valence-electron chi connectivity index (χ0n) is 15.7. The average molecular weight is 444 g/mol. The van der Waals surface area contributed by atoms with Crippen molar-refractivity contribution in [2.24, 2.45) is 5.10 Å². The Bertz CT molecular complexity index is 1130. The predicted octanol–water partition coefficient (Wildman–Crippen LogP) is 5.54. The maximum atomic E-state index is 13.0. The van der Waals surface area contributed by atoms with E-state index in [-0.39, 0.29) is 16.5 Å². The second kappa shape index (κ2) is 9.52. The minimum atomic E-state index is -0.462. The molecule has 0 fully saturated rings. The largest absolute Gasteiger partial charge is 0.322 e. The van der Waals surface area contributed by atoms with Crippen LogP contribution >= 0.6 is 23.2 Å². The molecule has 0 aromatic heterocycles. The molecule has 0 radical (unpaired) electrons. The van der Waals surface area contributed by atoms with Gasteiger partial charge in [0.1, 0.15) is 5.82 Å². The van der Waals surface area contributed by atoms with Crippen molar-refractivity contribution in [3.63, 3.8) is 0 Å². The standard InChI is InChI=1S/C22H16Cl2FN3O2/c1-13(27-28-21(29)14-5-8-17(25)9-6-14)15-3-2-4-18(11-15)26-22(30)19-10-7-16(23)12-20(19)24/h2-12H,1H3,(H,26,30)(H,28,29)/b27-13+. The summed E-state index contributed by atoms with van der Waals surface area (Å²) < 4.78 is 13.0. The minimum Gasteiger partial charge on any atom is -0.322 e. The third-order valence-electron chi connectivity index (χ3n) is 4.15. The number of nitrogens with one attached hydrogen (secondary N) is 2. The predicted molar refractivity (Wildman–Crippen MR) is 117 cm³/mol. The molecule has 0 aliphatic heterocycles. The van der Waals surface area contributed by atoms with Crippen molar-refractivity contribution in [2.75, 3.05) is 5.32 Å². The molecule has 5 nitrogen and oxygen atoms in total. The molecule has 0 atom stereocenters. The molecule has 2 N–H and O–H groups in total. The van der Waals surface area contributed by atoms with E-state index < -0.39 is 11.7 Å². The van der Waals surface area contributed by atoms with Crippen molar-refractivity contribution in [1.29, 1.82) is 0 Å². The molecule has 0 spiro atoms. The SMILES string of the molecule is C/C(=N\NC(=O)c1ccc(F)cc1)c1cccc(NC(=O)c2ccc(Cl)cc2Cl)c1. The summed E-state index contributed by atoms with van der Waals surface area (Å²) in [6.07, 6.45) is 0. The van der Waals surface area contributed by atoms with Crippen LogP contribution in [0.15, 0.2) is 71.8 Å². The first kappa shape index (κ1) is 21.5. The Morgan fingerprint density at radius 3 is 2.33 bits per heavy atom. The number of nitrogens with zero attached hydrogens (tertiary/aromatic N) is 1. The quantitative estimate of drug-likeness (QED) is 0.401. The lowest BCUT2D eigenvalue weighted by Crippen LogP contribution is -2.19. The number of anilines is 1. The fraction of sp³-hybridized carbons (Fsp3) is 0.0455. The summed E-state index contributed by atoms with van der Waals surface area (Å²) in [7, 11) is 0. The van der Waals surface area contributed by atoms with Gasteiger partial charge in [0.25, 0.3) is 11.8 Å². The highest BCUT2D eigenvalue weighted by Crippen LogP contribution is 2.22. The number of amides is 2. The highest BCUT2D eigenvalue weighted by Gasteiger charge is 2.12. The van der Waals surface area contributed by atoms with Gasteiger partial charge in [-0.15, -0.1) is 0 Å². The van der Waals surface area contributed by atoms with Gasteiger partial charge in [0.2, 0.25) is 0 Å². The lowest BCUT2D eigenvalue weighted by molar-refractivity contribution is 0.0954. The van der Waals surface area contributed by atoms with Crippen molar-refractivity contribution in [3.8, 4) is 0 Å². The van der Waals surface area contributed by atoms with Gasteiger partial charge in [-0.25, -0.2) is 9.82 Å². The molecule has 152 valence electrons. The van der Waals surface area contributed by atoms with Crippen molar-refractivity contribution in [1.82, 2.24) is 5.43 Å². The van der Waals surface area contributed by atoms with Crippen LogP contribution < -0.4 is 10.7 Å². The average Bonchev–Trinajstić information content (AvgIpc) is 2.72. The van der Waals surface area contributed by atoms with Crippen molar-refractivity contribution >= 4 is 46.4 Å². The Kier molecular flexibility index (Phi) is 6.82. The molecule has 0 unspecified atom stereocenters. The first-order valence-electron chi connectivity index (χ1n) is 8.80. The molecular weight excluding hydrogens is 428 g/mol. The van der Waals surface area contributed by atoms with Gasteiger partial charge in [-0.2, -0.15) is 5.10 Å². The highest BCUT2D eigenvalue weighted by atomic mass is 35.5. The number of carbonyl (C=O) groups excluding carboxylic acids is 2. The fourth-order valence-electron chi connectivity index (χ4n) is 2.56. The maximum Gasteiger partial charge on any atom is 0.271 e. The highest BCUT2D eigenvalue weighted by molar-refractivity contribution is 6.37. The number of hydrazone groups is 1. The van der Waals surface area contributed by atoms with E-state index in [1.165, 1.54) is 30.3 Å². The smallest absolute Gasteiger partial charge is 0.271 e. The number of benzene rings is 3. The Hall–Kier alpha value is -3.22. The van der Waals surface area contributed by atoms with Crippen LogP contribution in [0, 0.1) is 5.82 Å². The second-order valence-corrected chi connectivity index (χ2v) is 7.15. The van der Waals surface area contributed by atoms with Crippen LogP contribution in [0.1, 0.15) is 33.2 Å². The molecule has 3 aromatic rings. The first-order valence-corrected chi connectivity index (χ1v) is 9.56. The first-order chi connectivity index (χ1) is 14.3. The molecule has 0 aliphatic carbocycles. The third-order valence-corrected chi connectivity index (χ3v) is 4.69.